The van der Waals surface area contributed by atoms with Crippen LogP contribution >= 0.6 is 0 Å². The second kappa shape index (κ2) is 8.82. The number of cyclic esters (lactones) is 1. The molecule has 0 bridgehead atoms. The number of piperazine rings is 1. The number of carbonyl (C=O) groups is 3. The largest absolute Gasteiger partial charge is 0.462 e. The molecule has 2 heterocycles. The van der Waals surface area contributed by atoms with Crippen LogP contribution < -0.4 is 0 Å². The van der Waals surface area contributed by atoms with Crippen molar-refractivity contribution in [2.24, 2.45) is 0 Å². The fourth-order valence-corrected chi connectivity index (χ4v) is 5.77. The Hall–Kier alpha value is -4.13. The minimum absolute atomic E-state index is 0.0873. The third-order valence-electron chi connectivity index (χ3n) is 7.56. The van der Waals surface area contributed by atoms with Crippen molar-refractivity contribution in [2.75, 3.05) is 19.8 Å². The second-order valence-electron chi connectivity index (χ2n) is 9.47. The van der Waals surface area contributed by atoms with Crippen molar-refractivity contribution in [1.29, 1.82) is 0 Å². The van der Waals surface area contributed by atoms with E-state index in [1.807, 2.05) is 54.6 Å². The highest BCUT2D eigenvalue weighted by atomic mass is 16.6. The summed E-state index contributed by atoms with van der Waals surface area (Å²) >= 11 is 0. The molecule has 3 aromatic carbocycles. The number of fused-ring (bicyclic) bond motifs is 4. The van der Waals surface area contributed by atoms with E-state index in [0.717, 1.165) is 27.8 Å². The molecule has 2 saturated heterocycles. The summed E-state index contributed by atoms with van der Waals surface area (Å²) in [5.74, 6) is -0.882. The van der Waals surface area contributed by atoms with Crippen LogP contribution in [0, 0.1) is 0 Å². The van der Waals surface area contributed by atoms with Crippen molar-refractivity contribution in [3.8, 4) is 11.1 Å². The molecule has 7 heteroatoms. The highest BCUT2D eigenvalue weighted by Gasteiger charge is 2.51. The van der Waals surface area contributed by atoms with Gasteiger partial charge in [0.2, 0.25) is 5.91 Å². The third-order valence-corrected chi connectivity index (χ3v) is 7.56. The Morgan fingerprint density at radius 3 is 2.19 bits per heavy atom. The molecule has 0 aromatic heterocycles. The summed E-state index contributed by atoms with van der Waals surface area (Å²) in [4.78, 5) is 42.2. The molecule has 6 rings (SSSR count). The van der Waals surface area contributed by atoms with E-state index in [9.17, 15) is 14.4 Å². The quantitative estimate of drug-likeness (QED) is 0.525. The first-order valence-corrected chi connectivity index (χ1v) is 12.2. The third kappa shape index (κ3) is 3.54. The van der Waals surface area contributed by atoms with Gasteiger partial charge >= 0.3 is 12.1 Å². The number of morpholine rings is 1. The maximum atomic E-state index is 13.3. The van der Waals surface area contributed by atoms with E-state index in [4.69, 9.17) is 9.47 Å². The van der Waals surface area contributed by atoms with E-state index in [2.05, 4.69) is 24.3 Å². The van der Waals surface area contributed by atoms with Gasteiger partial charge in [0.25, 0.3) is 0 Å². The van der Waals surface area contributed by atoms with Crippen molar-refractivity contribution in [1.82, 2.24) is 9.80 Å². The molecule has 0 N–H and O–H groups in total. The average molecular weight is 483 g/mol. The minimum atomic E-state index is -0.884. The lowest BCUT2D eigenvalue weighted by atomic mass is 9.95. The molecule has 3 aliphatic rings. The Bertz CT molecular complexity index is 1290. The summed E-state index contributed by atoms with van der Waals surface area (Å²) in [7, 11) is 0. The molecule has 2 aliphatic heterocycles. The van der Waals surface area contributed by atoms with Gasteiger partial charge in [-0.25, -0.2) is 9.59 Å². The minimum Gasteiger partial charge on any atom is -0.462 e. The summed E-state index contributed by atoms with van der Waals surface area (Å²) in [5.41, 5.74) is 5.40. The van der Waals surface area contributed by atoms with Gasteiger partial charge in [0.15, 0.2) is 6.04 Å². The van der Waals surface area contributed by atoms with Crippen LogP contribution in [0.1, 0.15) is 35.6 Å². The first-order chi connectivity index (χ1) is 17.5. The average Bonchev–Trinajstić information content (AvgIpc) is 3.23. The molecular weight excluding hydrogens is 456 g/mol. The van der Waals surface area contributed by atoms with Gasteiger partial charge in [0, 0.05) is 5.92 Å². The number of esters is 1. The van der Waals surface area contributed by atoms with Crippen molar-refractivity contribution in [3.05, 3.63) is 95.6 Å². The molecule has 0 saturated carbocycles. The summed E-state index contributed by atoms with van der Waals surface area (Å²) in [5, 5.41) is 0. The van der Waals surface area contributed by atoms with Crippen LogP contribution in [0.25, 0.3) is 11.1 Å². The Morgan fingerprint density at radius 1 is 0.917 bits per heavy atom. The number of benzene rings is 3. The Labute approximate surface area is 209 Å². The number of hydrogen-bond acceptors (Lipinski definition) is 5. The predicted octanol–water partition coefficient (Wildman–Crippen LogP) is 4.13. The lowest BCUT2D eigenvalue weighted by molar-refractivity contribution is -0.179. The monoisotopic (exact) mass is 482 g/mol. The van der Waals surface area contributed by atoms with Gasteiger partial charge in [0.05, 0.1) is 12.1 Å². The van der Waals surface area contributed by atoms with Crippen LogP contribution in [0.2, 0.25) is 0 Å². The molecular formula is C29H26N2O5. The van der Waals surface area contributed by atoms with Crippen LogP contribution in [0.5, 0.6) is 0 Å². The van der Waals surface area contributed by atoms with Crippen molar-refractivity contribution >= 4 is 18.0 Å². The number of carbonyl (C=O) groups excluding carboxylic acids is 3. The number of amides is 2. The van der Waals surface area contributed by atoms with Crippen molar-refractivity contribution in [3.63, 3.8) is 0 Å². The van der Waals surface area contributed by atoms with Crippen LogP contribution in [-0.2, 0) is 19.1 Å². The Morgan fingerprint density at radius 2 is 1.53 bits per heavy atom. The number of rotatable bonds is 3. The first-order valence-electron chi connectivity index (χ1n) is 12.2. The first kappa shape index (κ1) is 22.3. The van der Waals surface area contributed by atoms with Gasteiger partial charge in [-0.05, 0) is 34.7 Å². The molecule has 1 unspecified atom stereocenters. The number of hydrogen-bond donors (Lipinski definition) is 0. The lowest BCUT2D eigenvalue weighted by Gasteiger charge is -2.49. The topological polar surface area (TPSA) is 76.2 Å². The van der Waals surface area contributed by atoms with Gasteiger partial charge in [-0.2, -0.15) is 0 Å². The van der Waals surface area contributed by atoms with Gasteiger partial charge in [-0.3, -0.25) is 9.69 Å². The highest BCUT2D eigenvalue weighted by molar-refractivity contribution is 5.92. The molecule has 3 aromatic rings. The van der Waals surface area contributed by atoms with E-state index in [1.165, 1.54) is 4.90 Å². The smallest absolute Gasteiger partial charge is 0.410 e. The van der Waals surface area contributed by atoms with Crippen LogP contribution in [0.15, 0.2) is 78.9 Å². The lowest BCUT2D eigenvalue weighted by Crippen LogP contribution is -2.68. The van der Waals surface area contributed by atoms with Crippen LogP contribution in [0.3, 0.4) is 0 Å². The molecule has 0 radical (unpaired) electrons. The van der Waals surface area contributed by atoms with E-state index in [1.54, 1.807) is 11.8 Å². The fraction of sp³-hybridized carbons (Fsp3) is 0.276. The zero-order valence-corrected chi connectivity index (χ0v) is 19.9. The normalized spacial score (nSPS) is 23.0. The predicted molar refractivity (Wildman–Crippen MR) is 132 cm³/mol. The van der Waals surface area contributed by atoms with Crippen LogP contribution in [-0.4, -0.2) is 59.6 Å². The van der Waals surface area contributed by atoms with E-state index >= 15 is 0 Å². The van der Waals surface area contributed by atoms with E-state index in [0.29, 0.717) is 0 Å². The van der Waals surface area contributed by atoms with Crippen molar-refractivity contribution < 1.29 is 23.9 Å². The number of ether oxygens (including phenoxy) is 2. The molecule has 0 spiro atoms. The van der Waals surface area contributed by atoms with E-state index in [-0.39, 0.29) is 37.6 Å². The van der Waals surface area contributed by atoms with Crippen LogP contribution in [0.4, 0.5) is 4.79 Å². The maximum absolute atomic E-state index is 13.3. The summed E-state index contributed by atoms with van der Waals surface area (Å²) in [6.07, 6.45) is -0.605. The summed E-state index contributed by atoms with van der Waals surface area (Å²) in [6, 6.07) is 23.9. The molecule has 36 heavy (non-hydrogen) atoms. The second-order valence-corrected chi connectivity index (χ2v) is 9.47. The van der Waals surface area contributed by atoms with Gasteiger partial charge < -0.3 is 14.4 Å². The van der Waals surface area contributed by atoms with Gasteiger partial charge in [-0.1, -0.05) is 78.9 Å². The summed E-state index contributed by atoms with van der Waals surface area (Å²) in [6.45, 7) is 1.86. The number of nitrogens with zero attached hydrogens (tertiary/aromatic N) is 2. The van der Waals surface area contributed by atoms with Gasteiger partial charge in [-0.15, -0.1) is 0 Å². The standard InChI is InChI=1S/C29H26N2O5/c1-18-27-28(33)35-17-25(19-9-3-2-4-10-19)31(27)26(32)15-30(18)29(34)36-16-24-22-13-7-5-11-20(22)21-12-6-8-14-23(21)24/h2-14,18,24-25,27H,15-17H2,1H3/t18?,25-,27-/m0/s1. The van der Waals surface area contributed by atoms with E-state index < -0.39 is 24.1 Å². The zero-order valence-electron chi connectivity index (χ0n) is 19.9. The molecule has 7 nitrogen and oxygen atoms in total. The molecule has 2 amide bonds. The Kier molecular flexibility index (Phi) is 5.48. The van der Waals surface area contributed by atoms with Crippen molar-refractivity contribution in [2.45, 2.75) is 31.0 Å². The fourth-order valence-electron chi connectivity index (χ4n) is 5.77. The molecule has 2 fully saturated rings. The zero-order chi connectivity index (χ0) is 24.8. The molecule has 1 aliphatic carbocycles. The molecule has 182 valence electrons. The summed E-state index contributed by atoms with van der Waals surface area (Å²) < 4.78 is 11.3. The highest BCUT2D eigenvalue weighted by Crippen LogP contribution is 2.44. The Balaban J connectivity index is 1.21. The van der Waals surface area contributed by atoms with Gasteiger partial charge in [0.1, 0.15) is 19.8 Å². The maximum Gasteiger partial charge on any atom is 0.410 e. The molecule has 3 atom stereocenters. The SMILES string of the molecule is CC1[C@H]2C(=O)OC[C@@H](c3ccccc3)N2C(=O)CN1C(=O)OCC1c2ccccc2-c2ccccc21.